The van der Waals surface area contributed by atoms with Crippen LogP contribution in [0.2, 0.25) is 0 Å². The highest BCUT2D eigenvalue weighted by Crippen LogP contribution is 2.09. The Labute approximate surface area is 90.7 Å². The lowest BCUT2D eigenvalue weighted by molar-refractivity contribution is 0.553. The second kappa shape index (κ2) is 13.0. The van der Waals surface area contributed by atoms with Crippen molar-refractivity contribution in [3.8, 4) is 0 Å². The van der Waals surface area contributed by atoms with Gasteiger partial charge in [0, 0.05) is 7.05 Å². The van der Waals surface area contributed by atoms with Gasteiger partial charge in [-0.1, -0.05) is 64.7 Å². The Morgan fingerprint density at radius 2 is 1.14 bits per heavy atom. The Hall–Kier alpha value is -0.0400. The van der Waals surface area contributed by atoms with Gasteiger partial charge in [0.1, 0.15) is 0 Å². The van der Waals surface area contributed by atoms with E-state index in [1.165, 1.54) is 64.2 Å². The molecule has 0 aromatic carbocycles. The lowest BCUT2D eigenvalue weighted by Gasteiger charge is -2.01. The molecule has 0 amide bonds. The normalized spacial score (nSPS) is 10.7. The van der Waals surface area contributed by atoms with Crippen LogP contribution < -0.4 is 5.32 Å². The molecule has 84 valence electrons. The molecule has 2 radical (unpaired) electrons. The summed E-state index contributed by atoms with van der Waals surface area (Å²) in [4.78, 5) is 0. The summed E-state index contributed by atoms with van der Waals surface area (Å²) in [7, 11) is 5.19. The molecular formula is C13H27N. The molecule has 14 heavy (non-hydrogen) atoms. The summed E-state index contributed by atoms with van der Waals surface area (Å²) in [5.41, 5.74) is 0. The van der Waals surface area contributed by atoms with E-state index in [0.717, 1.165) is 6.54 Å². The lowest BCUT2D eigenvalue weighted by Crippen LogP contribution is -2.03. The van der Waals surface area contributed by atoms with Crippen molar-refractivity contribution in [2.24, 2.45) is 0 Å². The molecule has 0 atom stereocenters. The van der Waals surface area contributed by atoms with Gasteiger partial charge >= 0.3 is 0 Å². The van der Waals surface area contributed by atoms with E-state index in [-0.39, 0.29) is 0 Å². The number of hydrogen-bond donors (Lipinski definition) is 1. The Morgan fingerprint density at radius 1 is 0.714 bits per heavy atom. The lowest BCUT2D eigenvalue weighted by atomic mass is 10.1. The van der Waals surface area contributed by atoms with E-state index < -0.39 is 0 Å². The maximum absolute atomic E-state index is 5.19. The van der Waals surface area contributed by atoms with Crippen LogP contribution in [0.4, 0.5) is 0 Å². The minimum Gasteiger partial charge on any atom is -0.311 e. The Balaban J connectivity index is 2.78. The van der Waals surface area contributed by atoms with Crippen LogP contribution >= 0.6 is 0 Å². The molecule has 0 aliphatic carbocycles. The van der Waals surface area contributed by atoms with Crippen molar-refractivity contribution in [3.63, 3.8) is 0 Å². The van der Waals surface area contributed by atoms with Crippen molar-refractivity contribution in [3.05, 3.63) is 7.05 Å². The van der Waals surface area contributed by atoms with E-state index in [2.05, 4.69) is 12.2 Å². The van der Waals surface area contributed by atoms with Crippen LogP contribution in [0.25, 0.3) is 0 Å². The zero-order valence-corrected chi connectivity index (χ0v) is 9.86. The van der Waals surface area contributed by atoms with Crippen molar-refractivity contribution in [2.45, 2.75) is 71.1 Å². The summed E-state index contributed by atoms with van der Waals surface area (Å²) in [6.07, 6.45) is 13.9. The minimum atomic E-state index is 0.969. The van der Waals surface area contributed by atoms with Crippen LogP contribution in [-0.4, -0.2) is 6.54 Å². The Bertz CT molecular complexity index is 79.2. The fourth-order valence-corrected chi connectivity index (χ4v) is 1.71. The summed E-state index contributed by atoms with van der Waals surface area (Å²) in [6.45, 7) is 3.24. The summed E-state index contributed by atoms with van der Waals surface area (Å²) < 4.78 is 0. The summed E-state index contributed by atoms with van der Waals surface area (Å²) in [6, 6.07) is 0. The van der Waals surface area contributed by atoms with Crippen LogP contribution in [-0.2, 0) is 0 Å². The van der Waals surface area contributed by atoms with Gasteiger partial charge in [-0.15, -0.1) is 0 Å². The number of nitrogens with one attached hydrogen (secondary N) is 1. The van der Waals surface area contributed by atoms with Crippen molar-refractivity contribution >= 4 is 0 Å². The first-order chi connectivity index (χ1) is 6.91. The number of rotatable bonds is 11. The van der Waals surface area contributed by atoms with E-state index >= 15 is 0 Å². The minimum absolute atomic E-state index is 0.969. The van der Waals surface area contributed by atoms with E-state index in [9.17, 15) is 0 Å². The third-order valence-electron chi connectivity index (χ3n) is 2.67. The first kappa shape index (κ1) is 14.0. The molecule has 0 rings (SSSR count). The number of hydrogen-bond acceptors (Lipinski definition) is 1. The number of unbranched alkanes of at least 4 members (excludes halogenated alkanes) is 9. The SMILES string of the molecule is [CH]NCCCCCCCCCCCC. The van der Waals surface area contributed by atoms with Gasteiger partial charge in [-0.05, 0) is 13.0 Å². The van der Waals surface area contributed by atoms with E-state index in [0.29, 0.717) is 0 Å². The quantitative estimate of drug-likeness (QED) is 0.387. The highest BCUT2D eigenvalue weighted by molar-refractivity contribution is 4.49. The Kier molecular flexibility index (Phi) is 12.9. The van der Waals surface area contributed by atoms with Crippen LogP contribution in [0.3, 0.4) is 0 Å². The maximum Gasteiger partial charge on any atom is 0.0407 e. The Morgan fingerprint density at radius 3 is 1.57 bits per heavy atom. The molecule has 0 saturated heterocycles. The molecule has 0 fully saturated rings. The molecular weight excluding hydrogens is 170 g/mol. The van der Waals surface area contributed by atoms with Gasteiger partial charge in [0.2, 0.25) is 0 Å². The first-order valence-corrected chi connectivity index (χ1v) is 6.35. The zero-order valence-electron chi connectivity index (χ0n) is 9.86. The van der Waals surface area contributed by atoms with Gasteiger partial charge in [-0.3, -0.25) is 0 Å². The van der Waals surface area contributed by atoms with Gasteiger partial charge in [0.15, 0.2) is 0 Å². The van der Waals surface area contributed by atoms with Crippen molar-refractivity contribution in [1.82, 2.24) is 5.32 Å². The van der Waals surface area contributed by atoms with Crippen LogP contribution in [0, 0.1) is 7.05 Å². The summed E-state index contributed by atoms with van der Waals surface area (Å²) in [5.74, 6) is 0. The summed E-state index contributed by atoms with van der Waals surface area (Å²) in [5, 5.41) is 2.69. The molecule has 0 aliphatic rings. The smallest absolute Gasteiger partial charge is 0.0407 e. The first-order valence-electron chi connectivity index (χ1n) is 6.35. The fraction of sp³-hybridized carbons (Fsp3) is 0.923. The van der Waals surface area contributed by atoms with Crippen LogP contribution in [0.5, 0.6) is 0 Å². The van der Waals surface area contributed by atoms with Crippen molar-refractivity contribution < 1.29 is 0 Å². The fourth-order valence-electron chi connectivity index (χ4n) is 1.71. The topological polar surface area (TPSA) is 12.0 Å². The molecule has 1 heteroatoms. The monoisotopic (exact) mass is 197 g/mol. The molecule has 0 spiro atoms. The summed E-state index contributed by atoms with van der Waals surface area (Å²) >= 11 is 0. The van der Waals surface area contributed by atoms with Crippen LogP contribution in [0.15, 0.2) is 0 Å². The molecule has 1 N–H and O–H groups in total. The second-order valence-corrected chi connectivity index (χ2v) is 4.14. The zero-order chi connectivity index (χ0) is 10.5. The molecule has 0 aliphatic heterocycles. The van der Waals surface area contributed by atoms with Gasteiger partial charge in [0.25, 0.3) is 0 Å². The third kappa shape index (κ3) is 12.0. The molecule has 0 heterocycles. The average molecular weight is 197 g/mol. The predicted octanol–water partition coefficient (Wildman–Crippen LogP) is 4.17. The van der Waals surface area contributed by atoms with Gasteiger partial charge in [-0.2, -0.15) is 0 Å². The average Bonchev–Trinajstić information content (AvgIpc) is 2.21. The maximum atomic E-state index is 5.19. The standard InChI is InChI=1S/C13H27N/c1-3-4-5-6-7-8-9-10-11-12-13-14-2/h2,14H,3-13H2,1H3. The molecule has 0 aromatic rings. The highest BCUT2D eigenvalue weighted by atomic mass is 14.8. The van der Waals surface area contributed by atoms with E-state index in [4.69, 9.17) is 7.05 Å². The van der Waals surface area contributed by atoms with Gasteiger partial charge < -0.3 is 5.32 Å². The van der Waals surface area contributed by atoms with Gasteiger partial charge in [0.05, 0.1) is 0 Å². The van der Waals surface area contributed by atoms with Gasteiger partial charge in [-0.25, -0.2) is 0 Å². The largest absolute Gasteiger partial charge is 0.311 e. The third-order valence-corrected chi connectivity index (χ3v) is 2.67. The molecule has 0 aromatic heterocycles. The molecule has 1 nitrogen and oxygen atoms in total. The van der Waals surface area contributed by atoms with E-state index in [1.54, 1.807) is 0 Å². The molecule has 0 saturated carbocycles. The van der Waals surface area contributed by atoms with Crippen LogP contribution in [0.1, 0.15) is 71.1 Å². The predicted molar refractivity (Wildman–Crippen MR) is 64.1 cm³/mol. The van der Waals surface area contributed by atoms with Crippen molar-refractivity contribution in [2.75, 3.05) is 6.54 Å². The van der Waals surface area contributed by atoms with Crippen molar-refractivity contribution in [1.29, 1.82) is 0 Å². The van der Waals surface area contributed by atoms with E-state index in [1.807, 2.05) is 0 Å². The molecule has 0 bridgehead atoms. The second-order valence-electron chi connectivity index (χ2n) is 4.14. The molecule has 0 unspecified atom stereocenters. The highest BCUT2D eigenvalue weighted by Gasteiger charge is 1.91.